The quantitative estimate of drug-likeness (QED) is 0.693. The fourth-order valence-corrected chi connectivity index (χ4v) is 1.45. The second kappa shape index (κ2) is 4.29. The van der Waals surface area contributed by atoms with Crippen molar-refractivity contribution >= 4 is 11.6 Å². The summed E-state index contributed by atoms with van der Waals surface area (Å²) < 4.78 is 78.9. The van der Waals surface area contributed by atoms with Gasteiger partial charge in [-0.2, -0.15) is 26.3 Å². The average molecular weight is 279 g/mol. The smallest absolute Gasteiger partial charge is 0.417 e. The van der Waals surface area contributed by atoms with Gasteiger partial charge in [-0.3, -0.25) is 0 Å². The highest BCUT2D eigenvalue weighted by atomic mass is 35.5. The van der Waals surface area contributed by atoms with E-state index in [4.69, 9.17) is 11.6 Å². The van der Waals surface area contributed by atoms with Crippen molar-refractivity contribution in [3.63, 3.8) is 0 Å². The Balaban J connectivity index is 3.53. The average Bonchev–Trinajstić information content (AvgIpc) is 2.14. The molecule has 0 bridgehead atoms. The number of halogens is 7. The normalized spacial score (nSPS) is 12.7. The van der Waals surface area contributed by atoms with E-state index in [9.17, 15) is 26.3 Å². The largest absolute Gasteiger partial charge is 0.497 e. The summed E-state index contributed by atoms with van der Waals surface area (Å²) in [5.41, 5.74) is -3.16. The molecule has 0 N–H and O–H groups in total. The lowest BCUT2D eigenvalue weighted by Gasteiger charge is -2.16. The number of ether oxygens (including phenoxy) is 1. The molecule has 1 rings (SSSR count). The zero-order valence-electron chi connectivity index (χ0n) is 8.21. The Morgan fingerprint density at radius 2 is 1.29 bits per heavy atom. The Kier molecular flexibility index (Phi) is 3.52. The molecule has 17 heavy (non-hydrogen) atoms. The molecule has 0 atom stereocenters. The number of methoxy groups -OCH3 is 1. The third-order valence-corrected chi connectivity index (χ3v) is 2.30. The molecule has 1 aromatic carbocycles. The van der Waals surface area contributed by atoms with Crippen LogP contribution in [0.5, 0.6) is 5.75 Å². The minimum Gasteiger partial charge on any atom is -0.497 e. The summed E-state index contributed by atoms with van der Waals surface area (Å²) in [5, 5.41) is -1.38. The van der Waals surface area contributed by atoms with Crippen LogP contribution in [0, 0.1) is 0 Å². The van der Waals surface area contributed by atoms with Crippen LogP contribution < -0.4 is 4.74 Å². The Bertz CT molecular complexity index is 387. The van der Waals surface area contributed by atoms with Crippen LogP contribution in [-0.2, 0) is 12.4 Å². The highest BCUT2D eigenvalue weighted by Crippen LogP contribution is 2.44. The first-order valence-electron chi connectivity index (χ1n) is 4.09. The van der Waals surface area contributed by atoms with Crippen molar-refractivity contribution in [2.45, 2.75) is 12.4 Å². The van der Waals surface area contributed by atoms with E-state index >= 15 is 0 Å². The summed E-state index contributed by atoms with van der Waals surface area (Å²) in [6.45, 7) is 0. The summed E-state index contributed by atoms with van der Waals surface area (Å²) in [7, 11) is 0.962. The predicted molar refractivity (Wildman–Crippen MR) is 48.0 cm³/mol. The van der Waals surface area contributed by atoms with Crippen molar-refractivity contribution in [1.82, 2.24) is 0 Å². The van der Waals surface area contributed by atoms with E-state index < -0.39 is 34.3 Å². The van der Waals surface area contributed by atoms with Gasteiger partial charge in [0.25, 0.3) is 0 Å². The van der Waals surface area contributed by atoms with E-state index in [1.807, 2.05) is 0 Å². The molecule has 0 aliphatic heterocycles. The lowest BCUT2D eigenvalue weighted by Crippen LogP contribution is -2.13. The molecule has 0 amide bonds. The second-order valence-corrected chi connectivity index (χ2v) is 3.41. The van der Waals surface area contributed by atoms with Crippen molar-refractivity contribution in [2.75, 3.05) is 7.11 Å². The van der Waals surface area contributed by atoms with Crippen LogP contribution in [0.15, 0.2) is 12.1 Å². The SMILES string of the molecule is COc1cc(C(F)(F)F)c(Cl)c(C(F)(F)F)c1. The fraction of sp³-hybridized carbons (Fsp3) is 0.333. The van der Waals surface area contributed by atoms with E-state index in [0.29, 0.717) is 12.1 Å². The number of hydrogen-bond donors (Lipinski definition) is 0. The number of rotatable bonds is 1. The van der Waals surface area contributed by atoms with Gasteiger partial charge in [0.05, 0.1) is 23.3 Å². The number of alkyl halides is 6. The lowest BCUT2D eigenvalue weighted by molar-refractivity contribution is -0.143. The predicted octanol–water partition coefficient (Wildman–Crippen LogP) is 4.39. The second-order valence-electron chi connectivity index (χ2n) is 3.03. The van der Waals surface area contributed by atoms with E-state index in [0.717, 1.165) is 7.11 Å². The molecule has 0 radical (unpaired) electrons. The maximum absolute atomic E-state index is 12.4. The van der Waals surface area contributed by atoms with Gasteiger partial charge in [0.2, 0.25) is 0 Å². The Labute approximate surface area is 96.9 Å². The molecule has 0 heterocycles. The summed E-state index contributed by atoms with van der Waals surface area (Å²) in [6, 6.07) is 0.829. The molecule has 0 fully saturated rings. The van der Waals surface area contributed by atoms with Crippen LogP contribution in [0.4, 0.5) is 26.3 Å². The summed E-state index contributed by atoms with van der Waals surface area (Å²) in [4.78, 5) is 0. The van der Waals surface area contributed by atoms with Crippen molar-refractivity contribution in [1.29, 1.82) is 0 Å². The van der Waals surface area contributed by atoms with E-state index in [2.05, 4.69) is 4.74 Å². The van der Waals surface area contributed by atoms with Gasteiger partial charge in [0.1, 0.15) is 5.75 Å². The van der Waals surface area contributed by atoms with Crippen molar-refractivity contribution in [3.05, 3.63) is 28.3 Å². The molecule has 0 saturated carbocycles. The van der Waals surface area contributed by atoms with E-state index in [1.54, 1.807) is 0 Å². The standard InChI is InChI=1S/C9H5ClF6O/c1-17-4-2-5(8(11,12)13)7(10)6(3-4)9(14,15)16/h2-3H,1H3. The molecule has 1 aromatic rings. The van der Waals surface area contributed by atoms with Gasteiger partial charge in [0, 0.05) is 0 Å². The van der Waals surface area contributed by atoms with Gasteiger partial charge in [-0.15, -0.1) is 0 Å². The number of benzene rings is 1. The molecule has 96 valence electrons. The first-order chi connectivity index (χ1) is 7.57. The monoisotopic (exact) mass is 278 g/mol. The van der Waals surface area contributed by atoms with Crippen molar-refractivity contribution in [3.8, 4) is 5.75 Å². The lowest BCUT2D eigenvalue weighted by atomic mass is 10.1. The Hall–Kier alpha value is -1.11. The van der Waals surface area contributed by atoms with Crippen molar-refractivity contribution < 1.29 is 31.1 Å². The third-order valence-electron chi connectivity index (χ3n) is 1.89. The van der Waals surface area contributed by atoms with Gasteiger partial charge >= 0.3 is 12.4 Å². The highest BCUT2D eigenvalue weighted by molar-refractivity contribution is 6.32. The highest BCUT2D eigenvalue weighted by Gasteiger charge is 2.41. The summed E-state index contributed by atoms with van der Waals surface area (Å²) in [6.07, 6.45) is -9.96. The molecular formula is C9H5ClF6O. The minimum atomic E-state index is -4.98. The maximum atomic E-state index is 12.4. The Morgan fingerprint density at radius 3 is 1.53 bits per heavy atom. The van der Waals surface area contributed by atoms with Gasteiger partial charge < -0.3 is 4.74 Å². The maximum Gasteiger partial charge on any atom is 0.417 e. The molecule has 0 saturated heterocycles. The zero-order valence-corrected chi connectivity index (χ0v) is 8.96. The van der Waals surface area contributed by atoms with Gasteiger partial charge in [-0.05, 0) is 12.1 Å². The van der Waals surface area contributed by atoms with Crippen LogP contribution >= 0.6 is 11.6 Å². The van der Waals surface area contributed by atoms with Crippen LogP contribution in [0.2, 0.25) is 5.02 Å². The molecule has 0 aliphatic rings. The molecular weight excluding hydrogens is 274 g/mol. The fourth-order valence-electron chi connectivity index (χ4n) is 1.13. The minimum absolute atomic E-state index is 0.414. The molecule has 0 unspecified atom stereocenters. The first kappa shape index (κ1) is 14.0. The van der Waals surface area contributed by atoms with Crippen LogP contribution in [0.1, 0.15) is 11.1 Å². The van der Waals surface area contributed by atoms with Crippen LogP contribution in [0.25, 0.3) is 0 Å². The molecule has 8 heteroatoms. The first-order valence-corrected chi connectivity index (χ1v) is 4.47. The summed E-state index contributed by atoms with van der Waals surface area (Å²) in [5.74, 6) is -0.561. The van der Waals surface area contributed by atoms with Crippen LogP contribution in [-0.4, -0.2) is 7.11 Å². The topological polar surface area (TPSA) is 9.23 Å². The molecule has 0 aromatic heterocycles. The van der Waals surface area contributed by atoms with E-state index in [1.165, 1.54) is 0 Å². The molecule has 1 nitrogen and oxygen atoms in total. The van der Waals surface area contributed by atoms with E-state index in [-0.39, 0.29) is 0 Å². The van der Waals surface area contributed by atoms with Crippen molar-refractivity contribution in [2.24, 2.45) is 0 Å². The molecule has 0 aliphatic carbocycles. The van der Waals surface area contributed by atoms with Crippen LogP contribution in [0.3, 0.4) is 0 Å². The summed E-state index contributed by atoms with van der Waals surface area (Å²) >= 11 is 5.11. The van der Waals surface area contributed by atoms with Gasteiger partial charge in [-0.1, -0.05) is 11.6 Å². The number of hydrogen-bond acceptors (Lipinski definition) is 1. The molecule has 0 spiro atoms. The van der Waals surface area contributed by atoms with Gasteiger partial charge in [-0.25, -0.2) is 0 Å². The third kappa shape index (κ3) is 2.96. The van der Waals surface area contributed by atoms with Gasteiger partial charge in [0.15, 0.2) is 0 Å². The Morgan fingerprint density at radius 1 is 0.941 bits per heavy atom. The zero-order chi connectivity index (χ0) is 13.4.